The van der Waals surface area contributed by atoms with Crippen molar-refractivity contribution in [3.8, 4) is 0 Å². The van der Waals surface area contributed by atoms with E-state index in [1.165, 1.54) is 11.2 Å². The van der Waals surface area contributed by atoms with Crippen LogP contribution in [-0.2, 0) is 9.59 Å². The van der Waals surface area contributed by atoms with E-state index in [4.69, 9.17) is 0 Å². The van der Waals surface area contributed by atoms with Gasteiger partial charge in [-0.15, -0.1) is 0 Å². The molecule has 1 aliphatic rings. The van der Waals surface area contributed by atoms with Gasteiger partial charge in [0, 0.05) is 6.21 Å². The van der Waals surface area contributed by atoms with Gasteiger partial charge in [0.25, 0.3) is 5.91 Å². The number of hydrogen-bond donors (Lipinski definition) is 0. The highest BCUT2D eigenvalue weighted by Gasteiger charge is 2.40. The second-order valence-corrected chi connectivity index (χ2v) is 3.60. The van der Waals surface area contributed by atoms with Crippen LogP contribution in [-0.4, -0.2) is 18.4 Å². The molecule has 0 fully saturated rings. The topological polar surface area (TPSA) is 49.7 Å². The van der Waals surface area contributed by atoms with Crippen molar-refractivity contribution in [2.24, 2.45) is 10.5 Å². The maximum atomic E-state index is 11.8. The predicted molar refractivity (Wildman–Crippen MR) is 56.6 cm³/mol. The van der Waals surface area contributed by atoms with E-state index >= 15 is 0 Å². The third-order valence-corrected chi connectivity index (χ3v) is 2.34. The highest BCUT2D eigenvalue weighted by atomic mass is 16.2. The lowest BCUT2D eigenvalue weighted by Crippen LogP contribution is -2.35. The van der Waals surface area contributed by atoms with Crippen molar-refractivity contribution in [2.75, 3.05) is 5.01 Å². The van der Waals surface area contributed by atoms with E-state index < -0.39 is 5.41 Å². The number of rotatable bonds is 2. The van der Waals surface area contributed by atoms with Gasteiger partial charge in [-0.25, -0.2) is 0 Å². The summed E-state index contributed by atoms with van der Waals surface area (Å²) >= 11 is 0. The Balaban J connectivity index is 2.34. The summed E-state index contributed by atoms with van der Waals surface area (Å²) < 4.78 is 0. The van der Waals surface area contributed by atoms with Gasteiger partial charge in [-0.3, -0.25) is 4.79 Å². The molecule has 1 heterocycles. The number of amides is 1. The molecule has 1 aromatic carbocycles. The molecule has 0 bridgehead atoms. The second-order valence-electron chi connectivity index (χ2n) is 3.60. The fourth-order valence-corrected chi connectivity index (χ4v) is 1.35. The number of anilines is 1. The van der Waals surface area contributed by atoms with Gasteiger partial charge in [-0.2, -0.15) is 10.1 Å². The van der Waals surface area contributed by atoms with Crippen LogP contribution in [0, 0.1) is 5.41 Å². The molecule has 15 heavy (non-hydrogen) atoms. The van der Waals surface area contributed by atoms with E-state index in [0.29, 0.717) is 12.0 Å². The quantitative estimate of drug-likeness (QED) is 0.535. The van der Waals surface area contributed by atoms with Gasteiger partial charge in [-0.05, 0) is 19.1 Å². The Kier molecular flexibility index (Phi) is 2.11. The van der Waals surface area contributed by atoms with Gasteiger partial charge in [0.2, 0.25) is 0 Å². The maximum Gasteiger partial charge on any atom is 0.266 e. The SMILES string of the molecule is CC1(C=O)C=NN(c2ccccc2)C1=O. The molecule has 1 unspecified atom stereocenters. The molecule has 0 saturated heterocycles. The highest BCUT2D eigenvalue weighted by Crippen LogP contribution is 2.26. The first-order chi connectivity index (χ1) is 7.17. The van der Waals surface area contributed by atoms with Crippen LogP contribution in [0.5, 0.6) is 0 Å². The van der Waals surface area contributed by atoms with Crippen LogP contribution >= 0.6 is 0 Å². The van der Waals surface area contributed by atoms with Crippen molar-refractivity contribution in [3.63, 3.8) is 0 Å². The van der Waals surface area contributed by atoms with Crippen LogP contribution in [0.25, 0.3) is 0 Å². The molecular formula is C11H10N2O2. The first-order valence-electron chi connectivity index (χ1n) is 4.58. The fourth-order valence-electron chi connectivity index (χ4n) is 1.35. The molecule has 4 heteroatoms. The van der Waals surface area contributed by atoms with E-state index in [-0.39, 0.29) is 5.91 Å². The summed E-state index contributed by atoms with van der Waals surface area (Å²) in [6.07, 6.45) is 1.98. The summed E-state index contributed by atoms with van der Waals surface area (Å²) in [6, 6.07) is 9.02. The van der Waals surface area contributed by atoms with Crippen LogP contribution in [0.3, 0.4) is 0 Å². The van der Waals surface area contributed by atoms with Crippen LogP contribution in [0.4, 0.5) is 5.69 Å². The Hall–Kier alpha value is -1.97. The zero-order chi connectivity index (χ0) is 10.9. The molecule has 1 amide bonds. The van der Waals surface area contributed by atoms with Gasteiger partial charge < -0.3 is 4.79 Å². The van der Waals surface area contributed by atoms with Crippen molar-refractivity contribution in [1.82, 2.24) is 0 Å². The molecule has 2 rings (SSSR count). The standard InChI is InChI=1S/C11H10N2O2/c1-11(8-14)7-12-13(10(11)15)9-5-3-2-4-6-9/h2-8H,1H3. The van der Waals surface area contributed by atoms with E-state index in [1.807, 2.05) is 18.2 Å². The lowest BCUT2D eigenvalue weighted by atomic mass is 9.94. The Morgan fingerprint density at radius 3 is 2.53 bits per heavy atom. The molecule has 0 aromatic heterocycles. The van der Waals surface area contributed by atoms with E-state index in [2.05, 4.69) is 5.10 Å². The minimum absolute atomic E-state index is 0.316. The number of carbonyl (C=O) groups is 2. The summed E-state index contributed by atoms with van der Waals surface area (Å²) in [5.74, 6) is -0.316. The molecule has 0 saturated carbocycles. The summed E-state index contributed by atoms with van der Waals surface area (Å²) in [5.41, 5.74) is -0.445. The van der Waals surface area contributed by atoms with Crippen LogP contribution in [0.1, 0.15) is 6.92 Å². The molecule has 0 radical (unpaired) electrons. The van der Waals surface area contributed by atoms with Crippen molar-refractivity contribution < 1.29 is 9.59 Å². The molecule has 0 aliphatic carbocycles. The molecule has 4 nitrogen and oxygen atoms in total. The normalized spacial score (nSPS) is 24.6. The first kappa shape index (κ1) is 9.58. The number of benzene rings is 1. The predicted octanol–water partition coefficient (Wildman–Crippen LogP) is 1.22. The lowest BCUT2D eigenvalue weighted by molar-refractivity contribution is -0.128. The summed E-state index contributed by atoms with van der Waals surface area (Å²) in [7, 11) is 0. The fraction of sp³-hybridized carbons (Fsp3) is 0.182. The minimum Gasteiger partial charge on any atom is -0.302 e. The van der Waals surface area contributed by atoms with Crippen molar-refractivity contribution >= 4 is 24.1 Å². The molecule has 0 N–H and O–H groups in total. The molecule has 1 atom stereocenters. The van der Waals surface area contributed by atoms with Crippen LogP contribution < -0.4 is 5.01 Å². The molecular weight excluding hydrogens is 192 g/mol. The number of hydrazone groups is 1. The highest BCUT2D eigenvalue weighted by molar-refractivity contribution is 6.20. The van der Waals surface area contributed by atoms with Gasteiger partial charge in [-0.1, -0.05) is 18.2 Å². The van der Waals surface area contributed by atoms with Gasteiger partial charge in [0.15, 0.2) is 0 Å². The average Bonchev–Trinajstić information content (AvgIpc) is 2.58. The third-order valence-electron chi connectivity index (χ3n) is 2.34. The monoisotopic (exact) mass is 202 g/mol. The van der Waals surface area contributed by atoms with Crippen molar-refractivity contribution in [1.29, 1.82) is 0 Å². The van der Waals surface area contributed by atoms with Crippen LogP contribution in [0.15, 0.2) is 35.4 Å². The second kappa shape index (κ2) is 3.31. The Morgan fingerprint density at radius 2 is 2.00 bits per heavy atom. The molecule has 0 spiro atoms. The Labute approximate surface area is 87.2 Å². The maximum absolute atomic E-state index is 11.8. The summed E-state index contributed by atoms with van der Waals surface area (Å²) in [4.78, 5) is 22.6. The number of para-hydroxylation sites is 1. The molecule has 1 aliphatic heterocycles. The van der Waals surface area contributed by atoms with Gasteiger partial charge >= 0.3 is 0 Å². The first-order valence-corrected chi connectivity index (χ1v) is 4.58. The van der Waals surface area contributed by atoms with E-state index in [9.17, 15) is 9.59 Å². The number of carbonyl (C=O) groups excluding carboxylic acids is 2. The van der Waals surface area contributed by atoms with Crippen molar-refractivity contribution in [2.45, 2.75) is 6.92 Å². The average molecular weight is 202 g/mol. The van der Waals surface area contributed by atoms with Gasteiger partial charge in [0.05, 0.1) is 5.69 Å². The summed E-state index contributed by atoms with van der Waals surface area (Å²) in [6.45, 7) is 1.55. The molecule has 1 aromatic rings. The van der Waals surface area contributed by atoms with E-state index in [1.54, 1.807) is 19.1 Å². The van der Waals surface area contributed by atoms with Gasteiger partial charge in [0.1, 0.15) is 11.7 Å². The lowest BCUT2D eigenvalue weighted by Gasteiger charge is -2.16. The zero-order valence-corrected chi connectivity index (χ0v) is 8.25. The van der Waals surface area contributed by atoms with Crippen molar-refractivity contribution in [3.05, 3.63) is 30.3 Å². The minimum atomic E-state index is -1.12. The third kappa shape index (κ3) is 1.44. The Bertz CT molecular complexity index is 427. The molecule has 76 valence electrons. The largest absolute Gasteiger partial charge is 0.302 e. The van der Waals surface area contributed by atoms with Crippen LogP contribution in [0.2, 0.25) is 0 Å². The number of hydrogen-bond acceptors (Lipinski definition) is 3. The number of nitrogens with zero attached hydrogens (tertiary/aromatic N) is 2. The van der Waals surface area contributed by atoms with E-state index in [0.717, 1.165) is 0 Å². The smallest absolute Gasteiger partial charge is 0.266 e. The Morgan fingerprint density at radius 1 is 1.33 bits per heavy atom. The zero-order valence-electron chi connectivity index (χ0n) is 8.25. The summed E-state index contributed by atoms with van der Waals surface area (Å²) in [5, 5.41) is 5.18. The number of aldehydes is 1.